The second-order valence-electron chi connectivity index (χ2n) is 11.3. The summed E-state index contributed by atoms with van der Waals surface area (Å²) in [7, 11) is 2.12. The molecule has 6 rings (SSSR count). The average molecular weight is 632 g/mol. The summed E-state index contributed by atoms with van der Waals surface area (Å²) in [6, 6.07) is 3.61. The van der Waals surface area contributed by atoms with Crippen molar-refractivity contribution in [2.45, 2.75) is 42.1 Å². The summed E-state index contributed by atoms with van der Waals surface area (Å²) in [5.41, 5.74) is 6.39. The van der Waals surface area contributed by atoms with Gasteiger partial charge in [0.1, 0.15) is 22.4 Å². The van der Waals surface area contributed by atoms with Gasteiger partial charge < -0.3 is 25.8 Å². The van der Waals surface area contributed by atoms with Gasteiger partial charge in [-0.2, -0.15) is 4.98 Å². The zero-order valence-electron chi connectivity index (χ0n) is 23.7. The Morgan fingerprint density at radius 1 is 1.00 bits per heavy atom. The van der Waals surface area contributed by atoms with E-state index in [-0.39, 0.29) is 29.8 Å². The molecule has 3 fully saturated rings. The number of carbonyl (C=O) groups is 1. The number of piperazine rings is 1. The average Bonchev–Trinajstić information content (AvgIpc) is 3.19. The van der Waals surface area contributed by atoms with E-state index in [1.54, 1.807) is 24.8 Å². The molecule has 11 nitrogen and oxygen atoms in total. The van der Waals surface area contributed by atoms with Crippen LogP contribution in [-0.2, 0) is 4.79 Å². The van der Waals surface area contributed by atoms with Crippen molar-refractivity contribution in [2.24, 2.45) is 17.1 Å². The lowest BCUT2D eigenvalue weighted by Crippen LogP contribution is -2.48. The minimum atomic E-state index is -0.0714. The molecule has 0 aromatic carbocycles. The zero-order valence-corrected chi connectivity index (χ0v) is 26.1. The highest BCUT2D eigenvalue weighted by atomic mass is 35.5. The number of Topliss-reactive ketones (excluding diaryl/α,β-unsaturated/α-hetero) is 1. The number of carbonyl (C=O) groups excluding carboxylic acids is 1. The highest BCUT2D eigenvalue weighted by molar-refractivity contribution is 7.99. The Balaban J connectivity index is 0.00000353. The highest BCUT2D eigenvalue weighted by Crippen LogP contribution is 2.46. The Labute approximate surface area is 261 Å². The largest absolute Gasteiger partial charge is 0.355 e. The van der Waals surface area contributed by atoms with Crippen molar-refractivity contribution >= 4 is 65.0 Å². The molecule has 0 bridgehead atoms. The van der Waals surface area contributed by atoms with Crippen molar-refractivity contribution in [1.29, 1.82) is 0 Å². The van der Waals surface area contributed by atoms with Gasteiger partial charge in [-0.3, -0.25) is 4.79 Å². The van der Waals surface area contributed by atoms with Gasteiger partial charge in [0.25, 0.3) is 0 Å². The van der Waals surface area contributed by atoms with Crippen molar-refractivity contribution < 1.29 is 4.79 Å². The first-order valence-electron chi connectivity index (χ1n) is 14.0. The summed E-state index contributed by atoms with van der Waals surface area (Å²) in [5, 5.41) is 4.47. The monoisotopic (exact) mass is 630 g/mol. The molecular formula is C28H36Cl2N10OS. The number of pyridine rings is 1. The van der Waals surface area contributed by atoms with Crippen molar-refractivity contribution in [2.75, 3.05) is 61.4 Å². The number of aromatic nitrogens is 5. The standard InChI is InChI=1S/C28H35ClN10OS.ClH/c1-18-19(40)15-28(25(18)30)5-9-38(10-6-28)22-16-34-23(17-33-22)41-20-3-7-31-26(24(20)29)35-21-4-8-32-27(36-21)39-13-11-37(2)12-14-39;/h3-4,7-8,16-18,25H,5-6,9-15,30H2,1-2H3,(H,31,32,35,36);1H/t18-,25+;/m1./s1. The molecule has 1 aliphatic carbocycles. The van der Waals surface area contributed by atoms with E-state index in [2.05, 4.69) is 52.0 Å². The van der Waals surface area contributed by atoms with Crippen LogP contribution in [0.5, 0.6) is 0 Å². The maximum Gasteiger partial charge on any atom is 0.227 e. The zero-order chi connectivity index (χ0) is 28.6. The predicted octanol–water partition coefficient (Wildman–Crippen LogP) is 3.91. The molecule has 1 saturated carbocycles. The lowest BCUT2D eigenvalue weighted by Gasteiger charge is -2.42. The SMILES string of the molecule is C[C@@H]1C(=O)CC2(CCN(c3cnc(Sc4ccnc(Nc5ccnc(N6CCN(C)CC6)n5)c4Cl)cn3)CC2)[C@H]1N.Cl. The quantitative estimate of drug-likeness (QED) is 0.409. The molecule has 0 amide bonds. The van der Waals surface area contributed by atoms with E-state index in [1.165, 1.54) is 11.8 Å². The van der Waals surface area contributed by atoms with Crippen molar-refractivity contribution in [3.63, 3.8) is 0 Å². The van der Waals surface area contributed by atoms with E-state index in [9.17, 15) is 4.79 Å². The maximum absolute atomic E-state index is 12.3. The van der Waals surface area contributed by atoms with Crippen LogP contribution in [0.25, 0.3) is 0 Å². The van der Waals surface area contributed by atoms with Crippen LogP contribution in [0.1, 0.15) is 26.2 Å². The van der Waals surface area contributed by atoms with Crippen LogP contribution in [0, 0.1) is 11.3 Å². The lowest BCUT2D eigenvalue weighted by atomic mass is 9.73. The number of nitrogens with zero attached hydrogens (tertiary/aromatic N) is 8. The van der Waals surface area contributed by atoms with Gasteiger partial charge in [-0.25, -0.2) is 19.9 Å². The Hall–Kier alpha value is -2.77. The normalized spacial score (nSPS) is 22.3. The van der Waals surface area contributed by atoms with Crippen molar-refractivity contribution in [3.05, 3.63) is 41.9 Å². The number of halogens is 2. The molecule has 14 heteroatoms. The van der Waals surface area contributed by atoms with Gasteiger partial charge in [-0.1, -0.05) is 30.3 Å². The van der Waals surface area contributed by atoms with Gasteiger partial charge in [-0.05, 0) is 37.4 Å². The van der Waals surface area contributed by atoms with Crippen LogP contribution >= 0.6 is 35.8 Å². The lowest BCUT2D eigenvalue weighted by molar-refractivity contribution is -0.120. The third kappa shape index (κ3) is 6.28. The minimum absolute atomic E-state index is 0. The molecule has 3 aromatic rings. The van der Waals surface area contributed by atoms with Crippen molar-refractivity contribution in [1.82, 2.24) is 29.8 Å². The van der Waals surface area contributed by atoms with Gasteiger partial charge in [0.15, 0.2) is 5.82 Å². The number of nitrogens with two attached hydrogens (primary N) is 1. The molecular weight excluding hydrogens is 595 g/mol. The number of piperidine rings is 1. The summed E-state index contributed by atoms with van der Waals surface area (Å²) < 4.78 is 0. The molecule has 2 saturated heterocycles. The van der Waals surface area contributed by atoms with Gasteiger partial charge in [0.2, 0.25) is 5.95 Å². The number of ketones is 1. The molecule has 1 spiro atoms. The fourth-order valence-corrected chi connectivity index (χ4v) is 7.00. The molecule has 3 aliphatic rings. The Morgan fingerprint density at radius 2 is 1.74 bits per heavy atom. The molecule has 3 N–H and O–H groups in total. The molecule has 0 unspecified atom stereocenters. The Kier molecular flexibility index (Phi) is 9.38. The van der Waals surface area contributed by atoms with E-state index >= 15 is 0 Å². The molecule has 3 aromatic heterocycles. The van der Waals surface area contributed by atoms with E-state index in [4.69, 9.17) is 17.3 Å². The Bertz CT molecular complexity index is 1400. The fraction of sp³-hybridized carbons (Fsp3) is 0.500. The van der Waals surface area contributed by atoms with Gasteiger partial charge in [-0.15, -0.1) is 12.4 Å². The summed E-state index contributed by atoms with van der Waals surface area (Å²) >= 11 is 8.19. The van der Waals surface area contributed by atoms with Crippen LogP contribution in [0.15, 0.2) is 46.8 Å². The van der Waals surface area contributed by atoms with E-state index in [1.807, 2.05) is 19.1 Å². The van der Waals surface area contributed by atoms with Crippen LogP contribution in [0.2, 0.25) is 5.02 Å². The second kappa shape index (κ2) is 12.8. The summed E-state index contributed by atoms with van der Waals surface area (Å²) in [6.07, 6.45) is 9.43. The topological polar surface area (TPSA) is 129 Å². The van der Waals surface area contributed by atoms with E-state index < -0.39 is 0 Å². The summed E-state index contributed by atoms with van der Waals surface area (Å²) in [6.45, 7) is 7.33. The number of hydrogen-bond donors (Lipinski definition) is 2. The molecule has 5 heterocycles. The third-order valence-corrected chi connectivity index (χ3v) is 10.2. The van der Waals surface area contributed by atoms with Crippen LogP contribution in [0.4, 0.5) is 23.4 Å². The summed E-state index contributed by atoms with van der Waals surface area (Å²) in [4.78, 5) is 42.7. The first kappa shape index (κ1) is 30.7. The smallest absolute Gasteiger partial charge is 0.227 e. The number of nitrogens with one attached hydrogen (secondary N) is 1. The van der Waals surface area contributed by atoms with Crippen LogP contribution in [0.3, 0.4) is 0 Å². The first-order valence-corrected chi connectivity index (χ1v) is 15.2. The number of anilines is 4. The fourth-order valence-electron chi connectivity index (χ4n) is 5.98. The third-order valence-electron chi connectivity index (χ3n) is 8.72. The molecule has 224 valence electrons. The van der Waals surface area contributed by atoms with Crippen molar-refractivity contribution in [3.8, 4) is 0 Å². The number of rotatable bonds is 6. The molecule has 0 radical (unpaired) electrons. The second-order valence-corrected chi connectivity index (χ2v) is 12.7. The van der Waals surface area contributed by atoms with Gasteiger partial charge in [0, 0.05) is 74.9 Å². The summed E-state index contributed by atoms with van der Waals surface area (Å²) in [5.74, 6) is 2.93. The van der Waals surface area contributed by atoms with E-state index in [0.29, 0.717) is 34.8 Å². The minimum Gasteiger partial charge on any atom is -0.355 e. The van der Waals surface area contributed by atoms with Crippen LogP contribution < -0.4 is 20.9 Å². The highest BCUT2D eigenvalue weighted by Gasteiger charge is 2.50. The molecule has 2 aliphatic heterocycles. The maximum atomic E-state index is 12.3. The number of hydrogen-bond acceptors (Lipinski definition) is 12. The Morgan fingerprint density at radius 3 is 2.40 bits per heavy atom. The van der Waals surface area contributed by atoms with E-state index in [0.717, 1.165) is 67.8 Å². The first-order chi connectivity index (χ1) is 19.8. The molecule has 2 atom stereocenters. The predicted molar refractivity (Wildman–Crippen MR) is 168 cm³/mol. The van der Waals surface area contributed by atoms with Crippen LogP contribution in [-0.4, -0.2) is 88.0 Å². The number of likely N-dealkylation sites (N-methyl/N-ethyl adjacent to an activating group) is 1. The van der Waals surface area contributed by atoms with Gasteiger partial charge in [0.05, 0.1) is 17.4 Å². The van der Waals surface area contributed by atoms with Gasteiger partial charge >= 0.3 is 0 Å². The molecule has 42 heavy (non-hydrogen) atoms.